The van der Waals surface area contributed by atoms with E-state index in [0.717, 1.165) is 18.4 Å². The third-order valence-electron chi connectivity index (χ3n) is 4.34. The van der Waals surface area contributed by atoms with Crippen molar-refractivity contribution in [3.63, 3.8) is 0 Å². The minimum atomic E-state index is 0.107. The second kappa shape index (κ2) is 11.2. The summed E-state index contributed by atoms with van der Waals surface area (Å²) in [5.74, 6) is 0.819. The van der Waals surface area contributed by atoms with Gasteiger partial charge in [-0.3, -0.25) is 4.79 Å². The largest absolute Gasteiger partial charge is 0.384 e. The number of carbonyl (C=O) groups is 1. The maximum Gasteiger partial charge on any atom is 0.185 e. The van der Waals surface area contributed by atoms with Crippen molar-refractivity contribution in [2.75, 3.05) is 13.7 Å². The molecule has 128 valence electrons. The van der Waals surface area contributed by atoms with Gasteiger partial charge in [-0.2, -0.15) is 0 Å². The first-order chi connectivity index (χ1) is 11.1. The van der Waals surface area contributed by atoms with Crippen LogP contribution in [0.2, 0.25) is 0 Å². The average molecular weight is 316 g/mol. The van der Waals surface area contributed by atoms with Gasteiger partial charge in [0.2, 0.25) is 0 Å². The van der Waals surface area contributed by atoms with E-state index in [2.05, 4.69) is 26.8 Å². The molecule has 23 heavy (non-hydrogen) atoms. The molecule has 1 aromatic rings. The fraction of sp³-hybridized carbons (Fsp3) is 0.571. The fourth-order valence-corrected chi connectivity index (χ4v) is 2.97. The Labute approximate surface area is 141 Å². The van der Waals surface area contributed by atoms with E-state index in [-0.39, 0.29) is 5.78 Å². The molecular formula is C21H32O2. The van der Waals surface area contributed by atoms with Crippen molar-refractivity contribution in [3.05, 3.63) is 47.0 Å². The number of hydrogen-bond donors (Lipinski definition) is 0. The highest BCUT2D eigenvalue weighted by Crippen LogP contribution is 2.18. The Bertz CT molecular complexity index is 497. The van der Waals surface area contributed by atoms with Gasteiger partial charge in [0, 0.05) is 12.7 Å². The first kappa shape index (κ1) is 19.6. The molecule has 0 aliphatic heterocycles. The van der Waals surface area contributed by atoms with Crippen LogP contribution in [0.25, 0.3) is 0 Å². The van der Waals surface area contributed by atoms with Gasteiger partial charge < -0.3 is 4.74 Å². The molecule has 1 rings (SSSR count). The minimum Gasteiger partial charge on any atom is -0.384 e. The molecule has 0 aromatic heterocycles. The van der Waals surface area contributed by atoms with Crippen molar-refractivity contribution in [1.29, 1.82) is 0 Å². The van der Waals surface area contributed by atoms with E-state index in [1.165, 1.54) is 36.8 Å². The summed E-state index contributed by atoms with van der Waals surface area (Å²) >= 11 is 0. The van der Waals surface area contributed by atoms with Gasteiger partial charge in [0.1, 0.15) is 0 Å². The number of aryl methyl sites for hydroxylation is 1. The Morgan fingerprint density at radius 3 is 2.52 bits per heavy atom. The van der Waals surface area contributed by atoms with Crippen molar-refractivity contribution in [2.45, 2.75) is 59.3 Å². The van der Waals surface area contributed by atoms with Crippen molar-refractivity contribution >= 4 is 5.78 Å². The molecule has 0 amide bonds. The van der Waals surface area contributed by atoms with Crippen LogP contribution in [0, 0.1) is 12.8 Å². The standard InChI is InChI=1S/C21H32O2/c1-5-8-18(9-6-2)10-7-11-21(22)20-13-12-17(3)19(16-20)14-15-23-4/h7,11-13,16,18H,5-6,8-10,14-15H2,1-4H3. The molecule has 0 atom stereocenters. The third-order valence-corrected chi connectivity index (χ3v) is 4.34. The lowest BCUT2D eigenvalue weighted by Gasteiger charge is -2.12. The number of ether oxygens (including phenoxy) is 1. The van der Waals surface area contributed by atoms with E-state index < -0.39 is 0 Å². The van der Waals surface area contributed by atoms with Gasteiger partial charge in [-0.1, -0.05) is 57.7 Å². The topological polar surface area (TPSA) is 26.3 Å². The van der Waals surface area contributed by atoms with Crippen LogP contribution in [0.4, 0.5) is 0 Å². The van der Waals surface area contributed by atoms with Crippen LogP contribution < -0.4 is 0 Å². The van der Waals surface area contributed by atoms with E-state index in [9.17, 15) is 4.79 Å². The fourth-order valence-electron chi connectivity index (χ4n) is 2.97. The van der Waals surface area contributed by atoms with E-state index >= 15 is 0 Å². The lowest BCUT2D eigenvalue weighted by molar-refractivity contribution is 0.104. The maximum atomic E-state index is 12.4. The number of rotatable bonds is 11. The first-order valence-electron chi connectivity index (χ1n) is 8.91. The molecule has 0 bridgehead atoms. The molecule has 1 aromatic carbocycles. The number of ketones is 1. The molecule has 2 nitrogen and oxygen atoms in total. The highest BCUT2D eigenvalue weighted by Gasteiger charge is 2.07. The van der Waals surface area contributed by atoms with E-state index in [0.29, 0.717) is 12.5 Å². The lowest BCUT2D eigenvalue weighted by atomic mass is 9.94. The quantitative estimate of drug-likeness (QED) is 0.396. The highest BCUT2D eigenvalue weighted by molar-refractivity contribution is 6.04. The Balaban J connectivity index is 2.67. The summed E-state index contributed by atoms with van der Waals surface area (Å²) < 4.78 is 5.14. The molecule has 0 radical (unpaired) electrons. The predicted molar refractivity (Wildman–Crippen MR) is 98.2 cm³/mol. The SMILES string of the molecule is CCCC(CC=CC(=O)c1ccc(C)c(CCOC)c1)CCC. The van der Waals surface area contributed by atoms with Crippen LogP contribution in [0.15, 0.2) is 30.4 Å². The van der Waals surface area contributed by atoms with E-state index in [4.69, 9.17) is 4.74 Å². The number of allylic oxidation sites excluding steroid dienone is 2. The van der Waals surface area contributed by atoms with Gasteiger partial charge >= 0.3 is 0 Å². The van der Waals surface area contributed by atoms with Crippen LogP contribution in [-0.2, 0) is 11.2 Å². The molecule has 0 saturated carbocycles. The molecule has 0 spiro atoms. The zero-order valence-corrected chi connectivity index (χ0v) is 15.2. The molecule has 0 heterocycles. The van der Waals surface area contributed by atoms with Gasteiger partial charge in [-0.15, -0.1) is 0 Å². The first-order valence-corrected chi connectivity index (χ1v) is 8.91. The average Bonchev–Trinajstić information content (AvgIpc) is 2.54. The number of carbonyl (C=O) groups excluding carboxylic acids is 1. The molecule has 2 heteroatoms. The Morgan fingerprint density at radius 1 is 1.22 bits per heavy atom. The Hall–Kier alpha value is -1.41. The van der Waals surface area contributed by atoms with E-state index in [1.54, 1.807) is 13.2 Å². The normalized spacial score (nSPS) is 11.5. The van der Waals surface area contributed by atoms with Crippen molar-refractivity contribution in [2.24, 2.45) is 5.92 Å². The summed E-state index contributed by atoms with van der Waals surface area (Å²) in [5.41, 5.74) is 3.19. The van der Waals surface area contributed by atoms with Crippen molar-refractivity contribution in [1.82, 2.24) is 0 Å². The summed E-state index contributed by atoms with van der Waals surface area (Å²) in [6, 6.07) is 5.97. The summed E-state index contributed by atoms with van der Waals surface area (Å²) in [5, 5.41) is 0. The second-order valence-electron chi connectivity index (χ2n) is 6.33. The summed E-state index contributed by atoms with van der Waals surface area (Å²) in [6.07, 6.45) is 10.6. The van der Waals surface area contributed by atoms with Gasteiger partial charge in [0.25, 0.3) is 0 Å². The van der Waals surface area contributed by atoms with Crippen molar-refractivity contribution in [3.8, 4) is 0 Å². The number of benzene rings is 1. The Morgan fingerprint density at radius 2 is 1.91 bits per heavy atom. The smallest absolute Gasteiger partial charge is 0.185 e. The molecule has 0 aliphatic rings. The molecule has 0 N–H and O–H groups in total. The predicted octanol–water partition coefficient (Wildman–Crippen LogP) is 5.53. The van der Waals surface area contributed by atoms with Crippen LogP contribution in [0.1, 0.15) is 67.4 Å². The van der Waals surface area contributed by atoms with E-state index in [1.807, 2.05) is 18.2 Å². The van der Waals surface area contributed by atoms with Gasteiger partial charge in [0.15, 0.2) is 5.78 Å². The summed E-state index contributed by atoms with van der Waals surface area (Å²) in [7, 11) is 1.70. The van der Waals surface area contributed by atoms with Gasteiger partial charge in [0.05, 0.1) is 6.61 Å². The zero-order chi connectivity index (χ0) is 17.1. The zero-order valence-electron chi connectivity index (χ0n) is 15.2. The number of hydrogen-bond acceptors (Lipinski definition) is 2. The lowest BCUT2D eigenvalue weighted by Crippen LogP contribution is -2.02. The van der Waals surface area contributed by atoms with Gasteiger partial charge in [-0.25, -0.2) is 0 Å². The third kappa shape index (κ3) is 7.13. The molecule has 0 unspecified atom stereocenters. The molecule has 0 saturated heterocycles. The van der Waals surface area contributed by atoms with Crippen molar-refractivity contribution < 1.29 is 9.53 Å². The van der Waals surface area contributed by atoms with Crippen LogP contribution in [0.5, 0.6) is 0 Å². The van der Waals surface area contributed by atoms with Gasteiger partial charge in [-0.05, 0) is 49.0 Å². The summed E-state index contributed by atoms with van der Waals surface area (Å²) in [6.45, 7) is 7.22. The van der Waals surface area contributed by atoms with Crippen LogP contribution in [0.3, 0.4) is 0 Å². The number of methoxy groups -OCH3 is 1. The molecule has 0 aliphatic carbocycles. The van der Waals surface area contributed by atoms with Crippen LogP contribution in [-0.4, -0.2) is 19.5 Å². The highest BCUT2D eigenvalue weighted by atomic mass is 16.5. The minimum absolute atomic E-state index is 0.107. The maximum absolute atomic E-state index is 12.4. The molecular weight excluding hydrogens is 284 g/mol. The monoisotopic (exact) mass is 316 g/mol. The second-order valence-corrected chi connectivity index (χ2v) is 6.33. The Kier molecular flexibility index (Phi) is 9.54. The molecule has 0 fully saturated rings. The van der Waals surface area contributed by atoms with Crippen LogP contribution >= 0.6 is 0 Å². The summed E-state index contributed by atoms with van der Waals surface area (Å²) in [4.78, 5) is 12.4.